The van der Waals surface area contributed by atoms with E-state index < -0.39 is 48.0 Å². The summed E-state index contributed by atoms with van der Waals surface area (Å²) in [5, 5.41) is 21.1. The van der Waals surface area contributed by atoms with Gasteiger partial charge in [0.15, 0.2) is 0 Å². The number of aliphatic hydroxyl groups is 2. The van der Waals surface area contributed by atoms with Crippen molar-refractivity contribution in [3.63, 3.8) is 0 Å². The summed E-state index contributed by atoms with van der Waals surface area (Å²) in [5.74, 6) is -2.97. The van der Waals surface area contributed by atoms with Crippen molar-refractivity contribution >= 4 is 35.8 Å². The highest BCUT2D eigenvalue weighted by molar-refractivity contribution is 5.88. The molecule has 0 aromatic heterocycles. The molecule has 18 heteroatoms. The molecule has 2 fully saturated rings. The lowest BCUT2D eigenvalue weighted by Gasteiger charge is -2.56. The number of nitrogens with zero attached hydrogens (tertiary/aromatic N) is 4. The summed E-state index contributed by atoms with van der Waals surface area (Å²) in [6.45, 7) is 38.5. The highest BCUT2D eigenvalue weighted by Crippen LogP contribution is 2.40. The Bertz CT molecular complexity index is 1720. The molecule has 0 saturated carbocycles. The molecule has 0 amide bonds. The van der Waals surface area contributed by atoms with E-state index in [1.165, 1.54) is 0 Å². The first-order valence-electron chi connectivity index (χ1n) is 24.1. The van der Waals surface area contributed by atoms with Gasteiger partial charge < -0.3 is 38.6 Å². The van der Waals surface area contributed by atoms with E-state index in [4.69, 9.17) is 28.4 Å². The number of esters is 6. The van der Waals surface area contributed by atoms with Gasteiger partial charge in [-0.1, -0.05) is 26.3 Å². The number of piperidine rings is 2. The van der Waals surface area contributed by atoms with Crippen molar-refractivity contribution in [2.24, 2.45) is 0 Å². The molecule has 2 saturated heterocycles. The van der Waals surface area contributed by atoms with Gasteiger partial charge in [0.1, 0.15) is 51.8 Å². The Hall–Kier alpha value is -4.46. The van der Waals surface area contributed by atoms with Crippen LogP contribution in [-0.4, -0.2) is 192 Å². The minimum atomic E-state index is -0.936. The summed E-state index contributed by atoms with van der Waals surface area (Å²) in [4.78, 5) is 79.9. The Morgan fingerprint density at radius 3 is 1.03 bits per heavy atom. The van der Waals surface area contributed by atoms with Gasteiger partial charge in [-0.15, -0.1) is 0 Å². The molecular weight excluding hydrogens is 905 g/mol. The van der Waals surface area contributed by atoms with Crippen LogP contribution in [0.15, 0.2) is 48.6 Å². The number of carbonyl (C=O) groups excluding carboxylic acids is 6. The van der Waals surface area contributed by atoms with Gasteiger partial charge in [0.05, 0.1) is 12.8 Å². The summed E-state index contributed by atoms with van der Waals surface area (Å²) >= 11 is 0. The number of aliphatic hydroxyl groups excluding tert-OH is 2. The lowest BCUT2D eigenvalue weighted by atomic mass is 9.77. The Morgan fingerprint density at radius 1 is 0.486 bits per heavy atom. The van der Waals surface area contributed by atoms with Crippen molar-refractivity contribution in [3.8, 4) is 0 Å². The molecule has 0 aromatic rings. The average molecular weight is 993 g/mol. The molecule has 0 spiro atoms. The molecule has 2 N–H and O–H groups in total. The van der Waals surface area contributed by atoms with Crippen LogP contribution in [0.3, 0.4) is 0 Å². The van der Waals surface area contributed by atoms with Crippen LogP contribution >= 0.6 is 0 Å². The number of carbonyl (C=O) groups is 6. The minimum Gasteiger partial charge on any atom is -0.462 e. The third-order valence-electron chi connectivity index (χ3n) is 13.1. The third kappa shape index (κ3) is 22.3. The zero-order valence-corrected chi connectivity index (χ0v) is 45.0. The van der Waals surface area contributed by atoms with Crippen LogP contribution in [0.2, 0.25) is 0 Å². The van der Waals surface area contributed by atoms with E-state index in [1.54, 1.807) is 27.7 Å². The van der Waals surface area contributed by atoms with Gasteiger partial charge in [0.25, 0.3) is 0 Å². The van der Waals surface area contributed by atoms with Gasteiger partial charge in [-0.2, -0.15) is 0 Å². The SMILES string of the molecule is C=C(C)C(=O)OCC(O)CN(CC(O)COC(=O)C(=C)C)C1CC(C)(C)N(C)C(C)(C)C1.C=C(C)C(=O)OCCOC(=O)CCN(CCC(=O)OCCOC(=O)C(=C)C)C1CC(C)(C)N(C)C(C)(C)C1. The molecule has 70 heavy (non-hydrogen) atoms. The second kappa shape index (κ2) is 28.5. The van der Waals surface area contributed by atoms with Gasteiger partial charge >= 0.3 is 35.8 Å². The standard InChI is InChI=1S/C28H46N2O8.C24H42N2O6/c1-20(2)25(33)37-16-14-35-23(31)10-12-30(22-18-27(5,6)29(9)28(7,8)19-22)13-11-24(32)36-15-17-38-26(34)21(3)4;1-16(2)21(29)31-14-19(27)12-26(13-20(28)15-32-22(30)17(3)4)18-10-23(5,6)25(9)24(7,8)11-18/h22H,1,3,10-19H2,2,4-9H3;18-20,27-28H,1,3,10-15H2,2,4-9H3. The lowest BCUT2D eigenvalue weighted by Crippen LogP contribution is -2.63. The van der Waals surface area contributed by atoms with Gasteiger partial charge in [-0.05, 0) is 123 Å². The van der Waals surface area contributed by atoms with E-state index in [2.05, 4.69) is 111 Å². The zero-order valence-electron chi connectivity index (χ0n) is 45.0. The Kier molecular flexibility index (Phi) is 25.9. The van der Waals surface area contributed by atoms with Gasteiger partial charge in [-0.25, -0.2) is 19.2 Å². The molecule has 0 bridgehead atoms. The van der Waals surface area contributed by atoms with Crippen LogP contribution in [0.5, 0.6) is 0 Å². The molecule has 2 heterocycles. The lowest BCUT2D eigenvalue weighted by molar-refractivity contribution is -0.151. The molecule has 18 nitrogen and oxygen atoms in total. The molecule has 2 unspecified atom stereocenters. The Morgan fingerprint density at radius 2 is 0.743 bits per heavy atom. The zero-order chi connectivity index (χ0) is 53.9. The average Bonchev–Trinajstić information content (AvgIpc) is 3.24. The number of ether oxygens (including phenoxy) is 6. The molecule has 2 rings (SSSR count). The van der Waals surface area contributed by atoms with E-state index in [1.807, 2.05) is 4.90 Å². The minimum absolute atomic E-state index is 0.0333. The van der Waals surface area contributed by atoms with Crippen LogP contribution in [0.25, 0.3) is 0 Å². The first-order valence-corrected chi connectivity index (χ1v) is 24.1. The topological polar surface area (TPSA) is 211 Å². The van der Waals surface area contributed by atoms with Crippen LogP contribution in [-0.2, 0) is 57.2 Å². The van der Waals surface area contributed by atoms with Crippen LogP contribution in [0.4, 0.5) is 0 Å². The molecule has 400 valence electrons. The maximum atomic E-state index is 12.4. The van der Waals surface area contributed by atoms with Crippen molar-refractivity contribution in [2.45, 2.75) is 168 Å². The Labute approximate surface area is 418 Å². The summed E-state index contributed by atoms with van der Waals surface area (Å²) in [5.41, 5.74) is 0.742. The fraction of sp³-hybridized carbons (Fsp3) is 0.731. The van der Waals surface area contributed by atoms with Gasteiger partial charge in [-0.3, -0.25) is 29.2 Å². The second-order valence-corrected chi connectivity index (χ2v) is 21.3. The van der Waals surface area contributed by atoms with E-state index in [-0.39, 0.29) is 122 Å². The van der Waals surface area contributed by atoms with E-state index in [9.17, 15) is 39.0 Å². The summed E-state index contributed by atoms with van der Waals surface area (Å²) < 4.78 is 30.5. The highest BCUT2D eigenvalue weighted by Gasteiger charge is 2.46. The van der Waals surface area contributed by atoms with Crippen molar-refractivity contribution in [2.75, 3.05) is 79.9 Å². The van der Waals surface area contributed by atoms with Gasteiger partial charge in [0, 0.05) is 82.7 Å². The first-order chi connectivity index (χ1) is 32.1. The van der Waals surface area contributed by atoms with Crippen LogP contribution < -0.4 is 0 Å². The van der Waals surface area contributed by atoms with E-state index in [0.717, 1.165) is 25.7 Å². The first kappa shape index (κ1) is 63.6. The second-order valence-electron chi connectivity index (χ2n) is 21.3. The van der Waals surface area contributed by atoms with Crippen molar-refractivity contribution in [3.05, 3.63) is 48.6 Å². The predicted octanol–water partition coefficient (Wildman–Crippen LogP) is 4.95. The van der Waals surface area contributed by atoms with Crippen molar-refractivity contribution in [1.82, 2.24) is 19.6 Å². The van der Waals surface area contributed by atoms with E-state index in [0.29, 0.717) is 13.1 Å². The number of hydrogen-bond donors (Lipinski definition) is 2. The molecule has 0 radical (unpaired) electrons. The summed E-state index contributed by atoms with van der Waals surface area (Å²) in [6, 6.07) is 0.207. The molecule has 0 aromatic carbocycles. The summed E-state index contributed by atoms with van der Waals surface area (Å²) in [7, 11) is 4.23. The fourth-order valence-corrected chi connectivity index (χ4v) is 8.68. The summed E-state index contributed by atoms with van der Waals surface area (Å²) in [6.07, 6.45) is 1.77. The maximum Gasteiger partial charge on any atom is 0.333 e. The quantitative estimate of drug-likeness (QED) is 0.0508. The van der Waals surface area contributed by atoms with Gasteiger partial charge in [0.2, 0.25) is 0 Å². The van der Waals surface area contributed by atoms with Crippen molar-refractivity contribution in [1.29, 1.82) is 0 Å². The molecule has 2 aliphatic rings. The predicted molar refractivity (Wildman–Crippen MR) is 267 cm³/mol. The molecule has 2 aliphatic heterocycles. The fourth-order valence-electron chi connectivity index (χ4n) is 8.68. The highest BCUT2D eigenvalue weighted by atomic mass is 16.6. The molecule has 2 atom stereocenters. The van der Waals surface area contributed by atoms with Crippen LogP contribution in [0, 0.1) is 0 Å². The number of likely N-dealkylation sites (tertiary alicyclic amines) is 2. The number of rotatable bonds is 26. The Balaban J connectivity index is 0.000000710. The normalized spacial score (nSPS) is 18.5. The van der Waals surface area contributed by atoms with Crippen molar-refractivity contribution < 1.29 is 67.4 Å². The number of hydrogen-bond acceptors (Lipinski definition) is 18. The molecular formula is C52H88N4O14. The monoisotopic (exact) mass is 993 g/mol. The third-order valence-corrected chi connectivity index (χ3v) is 13.1. The smallest absolute Gasteiger partial charge is 0.333 e. The largest absolute Gasteiger partial charge is 0.462 e. The molecule has 0 aliphatic carbocycles. The van der Waals surface area contributed by atoms with Crippen LogP contribution in [0.1, 0.15) is 122 Å². The van der Waals surface area contributed by atoms with E-state index >= 15 is 0 Å². The maximum absolute atomic E-state index is 12.4.